The number of anilines is 3. The van der Waals surface area contributed by atoms with E-state index in [1.54, 1.807) is 12.4 Å². The van der Waals surface area contributed by atoms with Crippen LogP contribution in [0.4, 0.5) is 17.7 Å². The lowest BCUT2D eigenvalue weighted by atomic mass is 9.72. The molecule has 2 aromatic heterocycles. The Morgan fingerprint density at radius 3 is 2.39 bits per heavy atom. The van der Waals surface area contributed by atoms with Crippen LogP contribution in [0, 0.1) is 5.41 Å². The molecule has 2 N–H and O–H groups in total. The number of aromatic nitrogens is 4. The summed E-state index contributed by atoms with van der Waals surface area (Å²) in [4.78, 5) is 22.8. The number of ether oxygens (including phenoxy) is 1. The van der Waals surface area contributed by atoms with Gasteiger partial charge in [-0.25, -0.2) is 15.0 Å². The summed E-state index contributed by atoms with van der Waals surface area (Å²) in [6.45, 7) is 9.23. The van der Waals surface area contributed by atoms with Gasteiger partial charge in [0.25, 0.3) is 0 Å². The van der Waals surface area contributed by atoms with Gasteiger partial charge in [0.1, 0.15) is 5.82 Å². The van der Waals surface area contributed by atoms with Crippen LogP contribution in [0.25, 0.3) is 11.3 Å². The molecule has 3 saturated heterocycles. The van der Waals surface area contributed by atoms with E-state index in [-0.39, 0.29) is 18.2 Å². The molecule has 0 radical (unpaired) electrons. The summed E-state index contributed by atoms with van der Waals surface area (Å²) in [5, 5.41) is 0. The predicted octanol–water partition coefficient (Wildman–Crippen LogP) is 2.12. The Morgan fingerprint density at radius 1 is 1.11 bits per heavy atom. The fraction of sp³-hybridized carbons (Fsp3) is 0.600. The van der Waals surface area contributed by atoms with Crippen molar-refractivity contribution in [1.82, 2.24) is 19.9 Å². The van der Waals surface area contributed by atoms with Gasteiger partial charge in [-0.15, -0.1) is 0 Å². The van der Waals surface area contributed by atoms with E-state index < -0.39 is 0 Å². The number of rotatable bonds is 3. The molecule has 0 aromatic carbocycles. The summed E-state index contributed by atoms with van der Waals surface area (Å²) >= 11 is 0. The van der Waals surface area contributed by atoms with Crippen molar-refractivity contribution in [2.75, 3.05) is 35.2 Å². The SMILES string of the molecule is CC1CN(c2cc(-c3cnc(N)nc3)nc(N3CC4(C)CC3C4)n2)CC(C)O1. The van der Waals surface area contributed by atoms with E-state index in [2.05, 4.69) is 40.5 Å². The van der Waals surface area contributed by atoms with E-state index >= 15 is 0 Å². The molecule has 0 spiro atoms. The van der Waals surface area contributed by atoms with Gasteiger partial charge in [0.15, 0.2) is 0 Å². The summed E-state index contributed by atoms with van der Waals surface area (Å²) in [6, 6.07) is 2.59. The number of fused-ring (bicyclic) bond motifs is 1. The summed E-state index contributed by atoms with van der Waals surface area (Å²) < 4.78 is 5.90. The van der Waals surface area contributed by atoms with Crippen LogP contribution in [0.5, 0.6) is 0 Å². The van der Waals surface area contributed by atoms with Crippen LogP contribution in [-0.4, -0.2) is 57.8 Å². The van der Waals surface area contributed by atoms with Gasteiger partial charge in [-0.2, -0.15) is 4.98 Å². The van der Waals surface area contributed by atoms with Crippen molar-refractivity contribution in [3.63, 3.8) is 0 Å². The Balaban J connectivity index is 1.55. The maximum Gasteiger partial charge on any atom is 0.228 e. The van der Waals surface area contributed by atoms with Crippen molar-refractivity contribution in [2.45, 2.75) is 51.9 Å². The zero-order valence-electron chi connectivity index (χ0n) is 16.7. The van der Waals surface area contributed by atoms with Gasteiger partial charge in [0, 0.05) is 49.7 Å². The second-order valence-corrected chi connectivity index (χ2v) is 8.90. The normalized spacial score (nSPS) is 31.8. The molecule has 148 valence electrons. The van der Waals surface area contributed by atoms with E-state index in [0.717, 1.165) is 42.7 Å². The van der Waals surface area contributed by atoms with E-state index in [0.29, 0.717) is 11.5 Å². The van der Waals surface area contributed by atoms with Gasteiger partial charge in [0.2, 0.25) is 11.9 Å². The first-order chi connectivity index (χ1) is 13.4. The fourth-order valence-electron chi connectivity index (χ4n) is 4.90. The minimum atomic E-state index is 0.170. The maximum atomic E-state index is 5.90. The van der Waals surface area contributed by atoms with Crippen molar-refractivity contribution in [2.24, 2.45) is 5.41 Å². The monoisotopic (exact) mass is 381 g/mol. The van der Waals surface area contributed by atoms with Crippen molar-refractivity contribution < 1.29 is 4.74 Å². The van der Waals surface area contributed by atoms with Gasteiger partial charge >= 0.3 is 0 Å². The third-order valence-electron chi connectivity index (χ3n) is 6.12. The van der Waals surface area contributed by atoms with E-state index in [4.69, 9.17) is 20.4 Å². The maximum absolute atomic E-state index is 5.90. The second kappa shape index (κ2) is 6.27. The van der Waals surface area contributed by atoms with Crippen molar-refractivity contribution in [1.29, 1.82) is 0 Å². The van der Waals surface area contributed by atoms with Crippen LogP contribution in [-0.2, 0) is 4.74 Å². The molecule has 5 heterocycles. The Hall–Kier alpha value is -2.48. The van der Waals surface area contributed by atoms with Gasteiger partial charge in [-0.1, -0.05) is 6.92 Å². The minimum absolute atomic E-state index is 0.170. The first kappa shape index (κ1) is 17.6. The molecule has 2 atom stereocenters. The molecule has 8 nitrogen and oxygen atoms in total. The molecule has 2 bridgehead atoms. The molecule has 0 amide bonds. The number of nitrogens with two attached hydrogens (primary N) is 1. The molecule has 28 heavy (non-hydrogen) atoms. The van der Waals surface area contributed by atoms with E-state index in [1.807, 2.05) is 6.07 Å². The van der Waals surface area contributed by atoms with Crippen LogP contribution in [0.2, 0.25) is 0 Å². The first-order valence-electron chi connectivity index (χ1n) is 10.0. The Morgan fingerprint density at radius 2 is 1.79 bits per heavy atom. The van der Waals surface area contributed by atoms with Gasteiger partial charge < -0.3 is 20.3 Å². The quantitative estimate of drug-likeness (QED) is 0.864. The van der Waals surface area contributed by atoms with Crippen LogP contribution in [0.3, 0.4) is 0 Å². The van der Waals surface area contributed by atoms with Gasteiger partial charge in [0.05, 0.1) is 17.9 Å². The smallest absolute Gasteiger partial charge is 0.228 e. The number of hydrogen-bond donors (Lipinski definition) is 1. The van der Waals surface area contributed by atoms with E-state index in [1.165, 1.54) is 12.8 Å². The van der Waals surface area contributed by atoms with Crippen molar-refractivity contribution >= 4 is 17.7 Å². The minimum Gasteiger partial charge on any atom is -0.372 e. The topological polar surface area (TPSA) is 93.3 Å². The lowest BCUT2D eigenvalue weighted by Crippen LogP contribution is -2.46. The number of morpholine rings is 1. The Kier molecular flexibility index (Phi) is 3.94. The fourth-order valence-corrected chi connectivity index (χ4v) is 4.90. The average Bonchev–Trinajstić information content (AvgIpc) is 3.15. The molecule has 4 fully saturated rings. The van der Waals surface area contributed by atoms with Crippen LogP contribution in [0.15, 0.2) is 18.5 Å². The second-order valence-electron chi connectivity index (χ2n) is 8.90. The summed E-state index contributed by atoms with van der Waals surface area (Å²) in [7, 11) is 0. The third-order valence-corrected chi connectivity index (χ3v) is 6.12. The zero-order chi connectivity index (χ0) is 19.5. The molecular formula is C20H27N7O. The average molecular weight is 381 g/mol. The third kappa shape index (κ3) is 3.05. The van der Waals surface area contributed by atoms with Crippen LogP contribution < -0.4 is 15.5 Å². The molecule has 2 aromatic rings. The molecule has 2 unspecified atom stereocenters. The standard InChI is InChI=1S/C20H27N7O/c1-12-9-26(10-13(2)28-12)17-4-16(14-7-22-18(21)23-8-14)24-19(25-17)27-11-20(3)5-15(27)6-20/h4,7-8,12-13,15H,5-6,9-11H2,1-3H3,(H2,21,22,23). The van der Waals surface area contributed by atoms with Crippen LogP contribution >= 0.6 is 0 Å². The molecule has 3 aliphatic heterocycles. The van der Waals surface area contributed by atoms with E-state index in [9.17, 15) is 0 Å². The van der Waals surface area contributed by atoms with Crippen molar-refractivity contribution in [3.05, 3.63) is 18.5 Å². The van der Waals surface area contributed by atoms with Crippen LogP contribution in [0.1, 0.15) is 33.6 Å². The Labute approximate surface area is 165 Å². The highest BCUT2D eigenvalue weighted by Gasteiger charge is 2.52. The van der Waals surface area contributed by atoms with Gasteiger partial charge in [-0.3, -0.25) is 0 Å². The molecule has 1 saturated carbocycles. The lowest BCUT2D eigenvalue weighted by Gasteiger charge is -2.36. The highest BCUT2D eigenvalue weighted by atomic mass is 16.5. The molecular weight excluding hydrogens is 354 g/mol. The molecule has 8 heteroatoms. The zero-order valence-corrected chi connectivity index (χ0v) is 16.7. The molecule has 4 aliphatic rings. The molecule has 6 rings (SSSR count). The molecule has 1 aliphatic carbocycles. The number of hydrogen-bond acceptors (Lipinski definition) is 8. The first-order valence-corrected chi connectivity index (χ1v) is 10.0. The number of nitrogen functional groups attached to an aromatic ring is 1. The Bertz CT molecular complexity index is 871. The van der Waals surface area contributed by atoms with Crippen molar-refractivity contribution in [3.8, 4) is 11.3 Å². The highest BCUT2D eigenvalue weighted by Crippen LogP contribution is 2.52. The largest absolute Gasteiger partial charge is 0.372 e. The summed E-state index contributed by atoms with van der Waals surface area (Å²) in [5.41, 5.74) is 7.76. The lowest BCUT2D eigenvalue weighted by molar-refractivity contribution is -0.00546. The summed E-state index contributed by atoms with van der Waals surface area (Å²) in [5.74, 6) is 2.01. The van der Waals surface area contributed by atoms with Gasteiger partial charge in [-0.05, 0) is 32.1 Å². The predicted molar refractivity (Wildman–Crippen MR) is 108 cm³/mol. The highest BCUT2D eigenvalue weighted by molar-refractivity contribution is 5.64. The summed E-state index contributed by atoms with van der Waals surface area (Å²) in [6.07, 6.45) is 6.26. The number of nitrogens with zero attached hydrogens (tertiary/aromatic N) is 6.